The number of para-hydroxylation sites is 1. The molecular weight excluding hydrogens is 316 g/mol. The first-order valence-corrected chi connectivity index (χ1v) is 8.21. The average molecular weight is 338 g/mol. The summed E-state index contributed by atoms with van der Waals surface area (Å²) < 4.78 is 7.43. The molecule has 0 spiro atoms. The second-order valence-electron chi connectivity index (χ2n) is 6.05. The molecule has 2 heterocycles. The lowest BCUT2D eigenvalue weighted by atomic mass is 10.2. The number of nitrogens with one attached hydrogen (secondary N) is 2. The minimum absolute atomic E-state index is 0.202. The van der Waals surface area contributed by atoms with E-state index in [1.165, 1.54) is 0 Å². The summed E-state index contributed by atoms with van der Waals surface area (Å²) >= 11 is 0. The van der Waals surface area contributed by atoms with Crippen LogP contribution >= 0.6 is 0 Å². The molecule has 1 atom stereocenters. The fourth-order valence-corrected chi connectivity index (χ4v) is 2.82. The van der Waals surface area contributed by atoms with Crippen LogP contribution in [0.25, 0.3) is 0 Å². The van der Waals surface area contributed by atoms with Crippen LogP contribution in [0.1, 0.15) is 28.8 Å². The summed E-state index contributed by atoms with van der Waals surface area (Å²) in [7, 11) is 0. The highest BCUT2D eigenvalue weighted by Crippen LogP contribution is 2.20. The third-order valence-corrected chi connectivity index (χ3v) is 4.06. The van der Waals surface area contributed by atoms with Crippen LogP contribution in [0.5, 0.6) is 0 Å². The topological polar surface area (TPSA) is 72.1 Å². The van der Waals surface area contributed by atoms with Crippen molar-refractivity contribution in [1.82, 2.24) is 15.1 Å². The number of aryl methyl sites for hydroxylation is 3. The van der Waals surface area contributed by atoms with Crippen LogP contribution in [0.2, 0.25) is 0 Å². The van der Waals surface area contributed by atoms with Gasteiger partial charge in [-0.3, -0.25) is 4.68 Å². The Morgan fingerprint density at radius 2 is 2.00 bits per heavy atom. The van der Waals surface area contributed by atoms with E-state index in [0.717, 1.165) is 28.4 Å². The first kappa shape index (κ1) is 16.8. The van der Waals surface area contributed by atoms with E-state index in [1.54, 1.807) is 6.26 Å². The maximum Gasteiger partial charge on any atom is 0.319 e. The van der Waals surface area contributed by atoms with Crippen molar-refractivity contribution in [1.29, 1.82) is 0 Å². The number of benzene rings is 1. The predicted molar refractivity (Wildman–Crippen MR) is 96.7 cm³/mol. The van der Waals surface area contributed by atoms with Crippen LogP contribution in [0, 0.1) is 20.8 Å². The number of carbonyl (C=O) groups excluding carboxylic acids is 1. The number of nitrogens with zero attached hydrogens (tertiary/aromatic N) is 2. The third kappa shape index (κ3) is 3.91. The van der Waals surface area contributed by atoms with Crippen molar-refractivity contribution in [3.8, 4) is 0 Å². The van der Waals surface area contributed by atoms with E-state index < -0.39 is 0 Å². The maximum absolute atomic E-state index is 12.3. The number of rotatable bonds is 5. The van der Waals surface area contributed by atoms with Gasteiger partial charge in [0.15, 0.2) is 0 Å². The zero-order valence-corrected chi connectivity index (χ0v) is 14.6. The third-order valence-electron chi connectivity index (χ3n) is 4.06. The number of anilines is 1. The Kier molecular flexibility index (Phi) is 4.88. The first-order valence-electron chi connectivity index (χ1n) is 8.21. The largest absolute Gasteiger partial charge is 0.467 e. The number of hydrogen-bond donors (Lipinski definition) is 2. The highest BCUT2D eigenvalue weighted by molar-refractivity contribution is 5.90. The normalized spacial score (nSPS) is 12.0. The SMILES string of the molecule is Cc1cc(C)n([C@H](CNC(=O)Nc2ccccc2C)c2ccco2)n1. The summed E-state index contributed by atoms with van der Waals surface area (Å²) in [5, 5.41) is 10.3. The first-order chi connectivity index (χ1) is 12.0. The smallest absolute Gasteiger partial charge is 0.319 e. The molecule has 0 saturated heterocycles. The second kappa shape index (κ2) is 7.25. The zero-order valence-electron chi connectivity index (χ0n) is 14.6. The lowest BCUT2D eigenvalue weighted by molar-refractivity contribution is 0.249. The summed E-state index contributed by atoms with van der Waals surface area (Å²) in [6.07, 6.45) is 1.63. The molecule has 3 aromatic rings. The van der Waals surface area contributed by atoms with Crippen molar-refractivity contribution in [2.75, 3.05) is 11.9 Å². The van der Waals surface area contributed by atoms with Crippen molar-refractivity contribution >= 4 is 11.7 Å². The number of amides is 2. The van der Waals surface area contributed by atoms with Gasteiger partial charge in [-0.1, -0.05) is 18.2 Å². The van der Waals surface area contributed by atoms with Gasteiger partial charge in [-0.15, -0.1) is 0 Å². The lowest BCUT2D eigenvalue weighted by Crippen LogP contribution is -2.35. The molecule has 0 fully saturated rings. The summed E-state index contributed by atoms with van der Waals surface area (Å²) in [4.78, 5) is 12.3. The van der Waals surface area contributed by atoms with Crippen molar-refractivity contribution in [3.05, 3.63) is 71.4 Å². The van der Waals surface area contributed by atoms with Crippen LogP contribution in [-0.4, -0.2) is 22.4 Å². The van der Waals surface area contributed by atoms with Gasteiger partial charge in [0.05, 0.1) is 12.0 Å². The Balaban J connectivity index is 1.72. The number of furan rings is 1. The second-order valence-corrected chi connectivity index (χ2v) is 6.05. The summed E-state index contributed by atoms with van der Waals surface area (Å²) in [6, 6.07) is 12.9. The molecule has 0 aliphatic carbocycles. The van der Waals surface area contributed by atoms with E-state index in [0.29, 0.717) is 6.54 Å². The molecule has 2 amide bonds. The minimum Gasteiger partial charge on any atom is -0.467 e. The Morgan fingerprint density at radius 3 is 2.64 bits per heavy atom. The monoisotopic (exact) mass is 338 g/mol. The van der Waals surface area contributed by atoms with Crippen LogP contribution in [0.4, 0.5) is 10.5 Å². The van der Waals surface area contributed by atoms with E-state index >= 15 is 0 Å². The zero-order chi connectivity index (χ0) is 17.8. The van der Waals surface area contributed by atoms with Gasteiger partial charge in [-0.05, 0) is 50.6 Å². The van der Waals surface area contributed by atoms with Gasteiger partial charge in [0.1, 0.15) is 11.8 Å². The molecule has 2 aromatic heterocycles. The van der Waals surface area contributed by atoms with Crippen LogP contribution < -0.4 is 10.6 Å². The van der Waals surface area contributed by atoms with Gasteiger partial charge >= 0.3 is 6.03 Å². The van der Waals surface area contributed by atoms with E-state index in [4.69, 9.17) is 4.42 Å². The summed E-state index contributed by atoms with van der Waals surface area (Å²) in [5.74, 6) is 0.752. The molecule has 0 aliphatic heterocycles. The van der Waals surface area contributed by atoms with Gasteiger partial charge in [0.2, 0.25) is 0 Å². The molecule has 0 bridgehead atoms. The van der Waals surface area contributed by atoms with Crippen molar-refractivity contribution in [2.24, 2.45) is 0 Å². The summed E-state index contributed by atoms with van der Waals surface area (Å²) in [6.45, 7) is 6.26. The highest BCUT2D eigenvalue weighted by atomic mass is 16.3. The number of carbonyl (C=O) groups is 1. The fraction of sp³-hybridized carbons (Fsp3) is 0.263. The molecule has 130 valence electrons. The fourth-order valence-electron chi connectivity index (χ4n) is 2.82. The molecule has 25 heavy (non-hydrogen) atoms. The Labute approximate surface area is 146 Å². The molecular formula is C19H22N4O2. The van der Waals surface area contributed by atoms with Crippen molar-refractivity contribution < 1.29 is 9.21 Å². The lowest BCUT2D eigenvalue weighted by Gasteiger charge is -2.18. The average Bonchev–Trinajstić information content (AvgIpc) is 3.20. The standard InChI is InChI=1S/C19H22N4O2/c1-13-7-4-5-8-16(13)21-19(24)20-12-17(18-9-6-10-25-18)23-15(3)11-14(2)22-23/h4-11,17H,12H2,1-3H3,(H2,20,21,24)/t17-/m1/s1. The molecule has 1 aromatic carbocycles. The van der Waals surface area contributed by atoms with Crippen molar-refractivity contribution in [3.63, 3.8) is 0 Å². The number of hydrogen-bond acceptors (Lipinski definition) is 3. The Morgan fingerprint density at radius 1 is 1.20 bits per heavy atom. The molecule has 3 rings (SSSR count). The van der Waals surface area contributed by atoms with E-state index in [-0.39, 0.29) is 12.1 Å². The molecule has 0 unspecified atom stereocenters. The quantitative estimate of drug-likeness (QED) is 0.743. The van der Waals surface area contributed by atoms with Gasteiger partial charge < -0.3 is 15.1 Å². The molecule has 0 saturated carbocycles. The van der Waals surface area contributed by atoms with Gasteiger partial charge in [0, 0.05) is 17.9 Å². The molecule has 6 heteroatoms. The molecule has 6 nitrogen and oxygen atoms in total. The number of aromatic nitrogens is 2. The van der Waals surface area contributed by atoms with Gasteiger partial charge in [-0.2, -0.15) is 5.10 Å². The molecule has 2 N–H and O–H groups in total. The predicted octanol–water partition coefficient (Wildman–Crippen LogP) is 3.81. The van der Waals surface area contributed by atoms with Gasteiger partial charge in [-0.25, -0.2) is 4.79 Å². The van der Waals surface area contributed by atoms with Crippen LogP contribution in [-0.2, 0) is 0 Å². The minimum atomic E-state index is -0.257. The summed E-state index contributed by atoms with van der Waals surface area (Å²) in [5.41, 5.74) is 3.75. The Hall–Kier alpha value is -3.02. The van der Waals surface area contributed by atoms with Crippen LogP contribution in [0.3, 0.4) is 0 Å². The van der Waals surface area contributed by atoms with Crippen molar-refractivity contribution in [2.45, 2.75) is 26.8 Å². The maximum atomic E-state index is 12.3. The van der Waals surface area contributed by atoms with E-state index in [1.807, 2.05) is 67.9 Å². The molecule has 0 radical (unpaired) electrons. The highest BCUT2D eigenvalue weighted by Gasteiger charge is 2.20. The number of urea groups is 1. The Bertz CT molecular complexity index is 852. The van der Waals surface area contributed by atoms with E-state index in [9.17, 15) is 4.79 Å². The van der Waals surface area contributed by atoms with Gasteiger partial charge in [0.25, 0.3) is 0 Å². The van der Waals surface area contributed by atoms with E-state index in [2.05, 4.69) is 15.7 Å². The van der Waals surface area contributed by atoms with Crippen LogP contribution in [0.15, 0.2) is 53.1 Å². The molecule has 0 aliphatic rings.